The third kappa shape index (κ3) is 31.8. The van der Waals surface area contributed by atoms with Crippen LogP contribution in [-0.2, 0) is 78.6 Å². The van der Waals surface area contributed by atoms with Gasteiger partial charge in [0.05, 0.1) is 74.9 Å². The number of piperidine rings is 4. The van der Waals surface area contributed by atoms with Crippen LogP contribution in [0.5, 0.6) is 5.75 Å². The van der Waals surface area contributed by atoms with E-state index in [4.69, 9.17) is 18.9 Å². The van der Waals surface area contributed by atoms with Crippen LogP contribution in [0.25, 0.3) is 6.08 Å². The fourth-order valence-corrected chi connectivity index (χ4v) is 16.9. The number of hydrogen-bond acceptors (Lipinski definition) is 20. The average Bonchev–Trinajstić information content (AvgIpc) is 1.69. The number of alkyl halides is 15. The van der Waals surface area contributed by atoms with Crippen molar-refractivity contribution in [1.82, 2.24) is 10.6 Å². The molecule has 136 heavy (non-hydrogen) atoms. The molecule has 0 bridgehead atoms. The van der Waals surface area contributed by atoms with Crippen molar-refractivity contribution in [2.45, 2.75) is 254 Å². The number of Topliss-reactive ketones (excluding diaryl/α,β-unsaturated/α-hetero) is 1. The molecule has 6 heterocycles. The van der Waals surface area contributed by atoms with Crippen molar-refractivity contribution in [3.8, 4) is 5.75 Å². The summed E-state index contributed by atoms with van der Waals surface area (Å²) in [5.41, 5.74) is -4.41. The highest BCUT2D eigenvalue weighted by Gasteiger charge is 2.48. The number of hydrogen-bond donors (Lipinski definition) is 2. The van der Waals surface area contributed by atoms with Crippen molar-refractivity contribution < 1.29 is 133 Å². The van der Waals surface area contributed by atoms with E-state index in [0.29, 0.717) is 132 Å². The number of amides is 1. The smallest absolute Gasteiger partial charge is 0.416 e. The maximum Gasteiger partial charge on any atom is 0.416 e. The molecule has 0 aromatic heterocycles. The zero-order valence-electron chi connectivity index (χ0n) is 80.4. The topological polar surface area (TPSA) is 272 Å². The third-order valence-electron chi connectivity index (χ3n) is 24.6. The number of anilines is 4. The molecule has 23 nitrogen and oxygen atoms in total. The van der Waals surface area contributed by atoms with Crippen LogP contribution >= 0.6 is 0 Å². The second-order valence-electron chi connectivity index (χ2n) is 40.7. The van der Waals surface area contributed by atoms with Crippen molar-refractivity contribution >= 4 is 64.4 Å². The lowest BCUT2D eigenvalue weighted by atomic mass is 9.71. The van der Waals surface area contributed by atoms with Gasteiger partial charge in [0.15, 0.2) is 11.6 Å². The maximum atomic E-state index is 13.5. The molecule has 5 aromatic rings. The Morgan fingerprint density at radius 2 is 0.772 bits per heavy atom. The van der Waals surface area contributed by atoms with Gasteiger partial charge in [-0.05, 0) is 230 Å². The van der Waals surface area contributed by atoms with Gasteiger partial charge >= 0.3 is 54.8 Å². The Morgan fingerprint density at radius 3 is 1.07 bits per heavy atom. The Bertz CT molecular complexity index is 5030. The van der Waals surface area contributed by atoms with Crippen molar-refractivity contribution in [3.63, 3.8) is 0 Å². The molecule has 6 fully saturated rings. The Labute approximate surface area is 782 Å². The Hall–Kier alpha value is -10.5. The normalized spacial score (nSPS) is 18.8. The first kappa shape index (κ1) is 112. The van der Waals surface area contributed by atoms with Crippen molar-refractivity contribution in [2.24, 2.45) is 39.9 Å². The summed E-state index contributed by atoms with van der Waals surface area (Å²) < 4.78 is 235. The van der Waals surface area contributed by atoms with Crippen LogP contribution in [0.3, 0.4) is 0 Å². The van der Waals surface area contributed by atoms with Gasteiger partial charge in [0.1, 0.15) is 28.2 Å². The Morgan fingerprint density at radius 1 is 0.456 bits per heavy atom. The van der Waals surface area contributed by atoms with Crippen molar-refractivity contribution in [3.05, 3.63) is 173 Å². The van der Waals surface area contributed by atoms with Gasteiger partial charge in [-0.15, -0.1) is 0 Å². The number of esters is 4. The molecule has 756 valence electrons. The van der Waals surface area contributed by atoms with Gasteiger partial charge in [-0.2, -0.15) is 65.9 Å². The number of benzene rings is 5. The van der Waals surface area contributed by atoms with Crippen molar-refractivity contribution in [1.29, 1.82) is 0 Å². The van der Waals surface area contributed by atoms with Crippen molar-refractivity contribution in [2.75, 3.05) is 105 Å². The molecule has 0 aliphatic carbocycles. The van der Waals surface area contributed by atoms with Crippen LogP contribution in [0.1, 0.15) is 251 Å². The number of rotatable bonds is 18. The number of carbonyl (C=O) groups is 6. The SMILES string of the molecule is CC(=O)C(C)(C)C(C[N+](=O)[O-])c1ccc(C(F)(F)F)cc1N1CCC(C(=O)OC(C)(C)C)CC1.CC(C)(C)OC(=O)C1CCN(c2cc(C(F)(F)F)ccc2/C=C/[N+](=O)[O-])CC1.CC(C)(C)OC(=O)C1CCN(c2cc(C(F)(F)F)ccc2C2CNC(=O)C2(C)C)CC1.CC(C)(C)OC(=O)C1CCN(c2cc(C(F)(F)F)ccc2C2CNCC2(C)C)CC1.COc1ccc(C(F)(F)F)cc1F. The van der Waals surface area contributed by atoms with E-state index >= 15 is 0 Å². The van der Waals surface area contributed by atoms with Gasteiger partial charge in [0, 0.05) is 129 Å². The fourth-order valence-electron chi connectivity index (χ4n) is 16.9. The minimum atomic E-state index is -4.60. The van der Waals surface area contributed by atoms with Gasteiger partial charge < -0.3 is 53.9 Å². The van der Waals surface area contributed by atoms with Gasteiger partial charge in [-0.3, -0.25) is 49.0 Å². The lowest BCUT2D eigenvalue weighted by Crippen LogP contribution is -2.40. The number of ketones is 1. The molecule has 0 radical (unpaired) electrons. The van der Waals surface area contributed by atoms with Gasteiger partial charge in [-0.25, -0.2) is 4.39 Å². The standard InChI is InChI=1S/C24H33F3N2O5.C23H31F3N2O3.C23H33F3N2O2.C19H23F3N2O4.C8H6F4O/c1-15(30)23(5,6)19(14-29(32)33)18-8-7-17(24(25,26)27)13-20(18)28-11-9-16(10-12-28)21(31)34-22(2,3)4;1-21(2,3)31-19(29)14-8-10-28(11-9-14)18-12-15(23(24,25)26)6-7-16(18)17-13-27-20(30)22(17,4)5;1-21(2,3)30-20(29)15-8-10-28(11-9-15)19-12-16(23(24,25)26)6-7-17(19)18-13-27-14-22(18,4)5;1-18(2,3)28-17(25)14-6-9-23(10-7-14)16-12-15(19(20,21)22)5-4-13(16)8-11-24(26)27;1-13-7-3-2-5(4-6(7)9)8(10,11)12/h7-8,13,16,19H,9-12,14H2,1-6H3;6-7,12,14,17H,8-11,13H2,1-5H3,(H,27,30);6-7,12,15,18,27H,8-11,13-14H2,1-5H3;4-5,8,11-12,14H,6-7,9-10H2,1-3H3;2-4H,1H3/b;;;11-8+;. The largest absolute Gasteiger partial charge is 0.494 e. The molecule has 0 saturated carbocycles. The number of nitrogens with one attached hydrogen (secondary N) is 2. The van der Waals surface area contributed by atoms with E-state index in [-0.39, 0.29) is 107 Å². The first-order valence-electron chi connectivity index (χ1n) is 44.8. The van der Waals surface area contributed by atoms with E-state index in [0.717, 1.165) is 66.7 Å². The van der Waals surface area contributed by atoms with Gasteiger partial charge in [-0.1, -0.05) is 65.8 Å². The predicted octanol–water partition coefficient (Wildman–Crippen LogP) is 22.1. The summed E-state index contributed by atoms with van der Waals surface area (Å²) >= 11 is 0. The zero-order valence-corrected chi connectivity index (χ0v) is 80.4. The molecular weight excluding hydrogens is 1820 g/mol. The number of ether oxygens (including phenoxy) is 5. The van der Waals surface area contributed by atoms with Crippen LogP contribution in [0.4, 0.5) is 93.0 Å². The highest BCUT2D eigenvalue weighted by molar-refractivity contribution is 5.87. The number of methoxy groups -OCH3 is 1. The molecule has 6 aliphatic rings. The molecule has 0 spiro atoms. The van der Waals surface area contributed by atoms with E-state index in [2.05, 4.69) is 29.2 Å². The van der Waals surface area contributed by atoms with Crippen LogP contribution in [0, 0.1) is 66.0 Å². The fraction of sp³-hybridized carbons (Fsp3) is 0.608. The molecule has 2 N–H and O–H groups in total. The first-order valence-corrected chi connectivity index (χ1v) is 44.8. The molecular formula is C97H126F16N8O15. The highest BCUT2D eigenvalue weighted by atomic mass is 19.4. The minimum Gasteiger partial charge on any atom is -0.494 e. The van der Waals surface area contributed by atoms with E-state index in [1.54, 1.807) is 71.3 Å². The van der Waals surface area contributed by atoms with Gasteiger partial charge in [0.2, 0.25) is 18.7 Å². The molecule has 5 aromatic carbocycles. The number of nitro groups is 2. The lowest BCUT2D eigenvalue weighted by Gasteiger charge is -2.38. The van der Waals surface area contributed by atoms with E-state index in [1.807, 2.05) is 65.2 Å². The average molecular weight is 1950 g/mol. The monoisotopic (exact) mass is 1950 g/mol. The molecule has 11 rings (SSSR count). The highest BCUT2D eigenvalue weighted by Crippen LogP contribution is 2.50. The number of carbonyl (C=O) groups excluding carboxylic acids is 6. The molecule has 3 unspecified atom stereocenters. The van der Waals surface area contributed by atoms with Crippen LogP contribution in [-0.4, -0.2) is 153 Å². The summed E-state index contributed by atoms with van der Waals surface area (Å²) in [6, 6.07) is 16.3. The van der Waals surface area contributed by atoms with E-state index in [9.17, 15) is 119 Å². The molecule has 1 amide bonds. The summed E-state index contributed by atoms with van der Waals surface area (Å²) in [6.45, 7) is 38.6. The first-order chi connectivity index (χ1) is 62.2. The summed E-state index contributed by atoms with van der Waals surface area (Å²) in [6.07, 6.45) is -16.8. The minimum absolute atomic E-state index is 0.0384. The maximum absolute atomic E-state index is 13.5. The lowest BCUT2D eigenvalue weighted by molar-refractivity contribution is -0.485. The summed E-state index contributed by atoms with van der Waals surface area (Å²) in [4.78, 5) is 102. The second kappa shape index (κ2) is 44.1. The second-order valence-corrected chi connectivity index (χ2v) is 40.7. The summed E-state index contributed by atoms with van der Waals surface area (Å²) in [5.74, 6) is -4.96. The zero-order chi connectivity index (χ0) is 103. The van der Waals surface area contributed by atoms with Crippen LogP contribution in [0.15, 0.2) is 97.2 Å². The molecule has 3 atom stereocenters. The van der Waals surface area contributed by atoms with Gasteiger partial charge in [0.25, 0.3) is 0 Å². The Kier molecular flexibility index (Phi) is 36.5. The van der Waals surface area contributed by atoms with Crippen LogP contribution < -0.4 is 35.0 Å². The number of halogens is 16. The molecule has 6 aliphatic heterocycles. The quantitative estimate of drug-likeness (QED) is 0.0271. The summed E-state index contributed by atoms with van der Waals surface area (Å²) in [7, 11) is 1.19. The van der Waals surface area contributed by atoms with E-state index in [1.165, 1.54) is 56.5 Å². The molecule has 39 heteroatoms. The Balaban J connectivity index is 0.000000237. The third-order valence-corrected chi connectivity index (χ3v) is 24.6. The number of nitrogens with zero attached hydrogens (tertiary/aromatic N) is 6. The molecule has 6 saturated heterocycles. The predicted molar refractivity (Wildman–Crippen MR) is 481 cm³/mol. The van der Waals surface area contributed by atoms with Crippen LogP contribution in [0.2, 0.25) is 0 Å². The van der Waals surface area contributed by atoms with E-state index < -0.39 is 120 Å². The summed E-state index contributed by atoms with van der Waals surface area (Å²) in [5, 5.41) is 28.3.